The van der Waals surface area contributed by atoms with Crippen LogP contribution in [0.15, 0.2) is 182 Å². The van der Waals surface area contributed by atoms with Gasteiger partial charge in [-0.05, 0) is 105 Å². The van der Waals surface area contributed by atoms with Gasteiger partial charge in [-0.25, -0.2) is 0 Å². The highest BCUT2D eigenvalue weighted by Gasteiger charge is 2.51. The molecule has 0 saturated heterocycles. The summed E-state index contributed by atoms with van der Waals surface area (Å²) in [5.74, 6) is 0. The predicted molar refractivity (Wildman–Crippen MR) is 206 cm³/mol. The van der Waals surface area contributed by atoms with Crippen molar-refractivity contribution in [3.8, 4) is 44.5 Å². The van der Waals surface area contributed by atoms with Crippen LogP contribution < -0.4 is 0 Å². The van der Waals surface area contributed by atoms with Gasteiger partial charge in [0.2, 0.25) is 0 Å². The van der Waals surface area contributed by atoms with Gasteiger partial charge < -0.3 is 0 Å². The SMILES string of the molecule is c1ccc2c(c1)-c1ccccc1C21c2ccccc2-c2c(-c3ccc(-c4ccc5c6ccccc6c6ccccc6c5c4)cc3)cccc21. The molecule has 0 atom stereocenters. The van der Waals surface area contributed by atoms with E-state index in [1.807, 2.05) is 0 Å². The largest absolute Gasteiger partial charge is 0.0725 e. The van der Waals surface area contributed by atoms with E-state index in [0.717, 1.165) is 0 Å². The molecule has 0 amide bonds. The normalized spacial score (nSPS) is 13.5. The van der Waals surface area contributed by atoms with Gasteiger partial charge in [-0.3, -0.25) is 0 Å². The number of fused-ring (bicyclic) bond motifs is 16. The molecule has 9 aromatic rings. The average Bonchev–Trinajstić information content (AvgIpc) is 3.66. The van der Waals surface area contributed by atoms with Crippen molar-refractivity contribution in [2.45, 2.75) is 5.41 Å². The van der Waals surface area contributed by atoms with Crippen LogP contribution in [0.1, 0.15) is 22.3 Å². The molecule has 2 aliphatic rings. The molecule has 0 aromatic heterocycles. The van der Waals surface area contributed by atoms with E-state index in [-0.39, 0.29) is 5.41 Å². The second-order valence-electron chi connectivity index (χ2n) is 13.5. The van der Waals surface area contributed by atoms with Crippen LogP contribution in [0.2, 0.25) is 0 Å². The summed E-state index contributed by atoms with van der Waals surface area (Å²) in [4.78, 5) is 0. The highest BCUT2D eigenvalue weighted by molar-refractivity contribution is 6.25. The Morgan fingerprint density at radius 3 is 1.27 bits per heavy atom. The summed E-state index contributed by atoms with van der Waals surface area (Å²) in [6.07, 6.45) is 0. The highest BCUT2D eigenvalue weighted by Crippen LogP contribution is 2.63. The molecule has 0 saturated carbocycles. The van der Waals surface area contributed by atoms with Crippen LogP contribution in [-0.2, 0) is 5.41 Å². The molecule has 0 heteroatoms. The van der Waals surface area contributed by atoms with Crippen LogP contribution >= 0.6 is 0 Å². The zero-order chi connectivity index (χ0) is 32.1. The van der Waals surface area contributed by atoms with Gasteiger partial charge in [0.05, 0.1) is 5.41 Å². The lowest BCUT2D eigenvalue weighted by Crippen LogP contribution is -2.25. The topological polar surface area (TPSA) is 0 Å². The van der Waals surface area contributed by atoms with Crippen LogP contribution in [0.3, 0.4) is 0 Å². The summed E-state index contributed by atoms with van der Waals surface area (Å²) in [5, 5.41) is 7.83. The Kier molecular flexibility index (Phi) is 5.41. The molecule has 0 bridgehead atoms. The van der Waals surface area contributed by atoms with E-state index in [4.69, 9.17) is 0 Å². The van der Waals surface area contributed by atoms with Crippen molar-refractivity contribution in [1.82, 2.24) is 0 Å². The first-order valence-corrected chi connectivity index (χ1v) is 17.2. The number of benzene rings is 9. The van der Waals surface area contributed by atoms with Crippen molar-refractivity contribution in [2.75, 3.05) is 0 Å². The molecule has 11 rings (SSSR count). The van der Waals surface area contributed by atoms with Crippen LogP contribution in [0.5, 0.6) is 0 Å². The van der Waals surface area contributed by atoms with Gasteiger partial charge in [0.25, 0.3) is 0 Å². The van der Waals surface area contributed by atoms with E-state index in [1.165, 1.54) is 99.1 Å². The fourth-order valence-electron chi connectivity index (χ4n) is 9.31. The molecule has 0 N–H and O–H groups in total. The minimum atomic E-state index is -0.326. The van der Waals surface area contributed by atoms with E-state index < -0.39 is 0 Å². The van der Waals surface area contributed by atoms with Crippen LogP contribution in [0, 0.1) is 0 Å². The highest BCUT2D eigenvalue weighted by atomic mass is 14.5. The Balaban J connectivity index is 1.08. The second-order valence-corrected chi connectivity index (χ2v) is 13.5. The fraction of sp³-hybridized carbons (Fsp3) is 0.0204. The Morgan fingerprint density at radius 1 is 0.245 bits per heavy atom. The monoisotopic (exact) mass is 618 g/mol. The van der Waals surface area contributed by atoms with Gasteiger partial charge in [0, 0.05) is 0 Å². The molecule has 226 valence electrons. The summed E-state index contributed by atoms with van der Waals surface area (Å²) < 4.78 is 0. The summed E-state index contributed by atoms with van der Waals surface area (Å²) in [5.41, 5.74) is 15.5. The van der Waals surface area contributed by atoms with Gasteiger partial charge in [-0.2, -0.15) is 0 Å². The first-order valence-electron chi connectivity index (χ1n) is 17.2. The lowest BCUT2D eigenvalue weighted by molar-refractivity contribution is 0.794. The van der Waals surface area contributed by atoms with E-state index >= 15 is 0 Å². The van der Waals surface area contributed by atoms with Gasteiger partial charge in [-0.15, -0.1) is 0 Å². The van der Waals surface area contributed by atoms with E-state index in [9.17, 15) is 0 Å². The lowest BCUT2D eigenvalue weighted by Gasteiger charge is -2.30. The van der Waals surface area contributed by atoms with Crippen molar-refractivity contribution < 1.29 is 0 Å². The zero-order valence-electron chi connectivity index (χ0n) is 26.8. The molecule has 49 heavy (non-hydrogen) atoms. The molecule has 2 aliphatic carbocycles. The molecule has 0 fully saturated rings. The third kappa shape index (κ3) is 3.48. The maximum absolute atomic E-state index is 2.38. The first kappa shape index (κ1) is 26.8. The minimum absolute atomic E-state index is 0.326. The Labute approximate surface area is 285 Å². The summed E-state index contributed by atoms with van der Waals surface area (Å²) in [6, 6.07) is 67.9. The molecule has 1 spiro atoms. The number of hydrogen-bond acceptors (Lipinski definition) is 0. The molecular weight excluding hydrogens is 589 g/mol. The van der Waals surface area contributed by atoms with E-state index in [0.29, 0.717) is 0 Å². The maximum atomic E-state index is 2.38. The van der Waals surface area contributed by atoms with Gasteiger partial charge in [0.15, 0.2) is 0 Å². The maximum Gasteiger partial charge on any atom is 0.0725 e. The van der Waals surface area contributed by atoms with Crippen molar-refractivity contribution in [2.24, 2.45) is 0 Å². The Morgan fingerprint density at radius 2 is 0.653 bits per heavy atom. The molecule has 0 nitrogen and oxygen atoms in total. The van der Waals surface area contributed by atoms with Crippen molar-refractivity contribution in [3.63, 3.8) is 0 Å². The third-order valence-electron chi connectivity index (χ3n) is 11.3. The summed E-state index contributed by atoms with van der Waals surface area (Å²) in [6.45, 7) is 0. The number of rotatable bonds is 2. The smallest absolute Gasteiger partial charge is 0.0619 e. The molecule has 0 heterocycles. The van der Waals surface area contributed by atoms with Crippen LogP contribution in [0.4, 0.5) is 0 Å². The second kappa shape index (κ2) is 9.89. The Bertz CT molecular complexity index is 2740. The molecular formula is C49H30. The Hall–Kier alpha value is -6.24. The summed E-state index contributed by atoms with van der Waals surface area (Å²) in [7, 11) is 0. The molecule has 9 aromatic carbocycles. The van der Waals surface area contributed by atoms with E-state index in [2.05, 4.69) is 182 Å². The van der Waals surface area contributed by atoms with Crippen molar-refractivity contribution in [3.05, 3.63) is 204 Å². The molecule has 0 aliphatic heterocycles. The number of hydrogen-bond donors (Lipinski definition) is 0. The van der Waals surface area contributed by atoms with Crippen LogP contribution in [-0.4, -0.2) is 0 Å². The van der Waals surface area contributed by atoms with Gasteiger partial charge in [-0.1, -0.05) is 176 Å². The van der Waals surface area contributed by atoms with E-state index in [1.54, 1.807) is 0 Å². The first-order chi connectivity index (χ1) is 24.3. The molecule has 0 unspecified atom stereocenters. The zero-order valence-corrected chi connectivity index (χ0v) is 26.8. The molecule has 0 radical (unpaired) electrons. The van der Waals surface area contributed by atoms with Gasteiger partial charge >= 0.3 is 0 Å². The third-order valence-corrected chi connectivity index (χ3v) is 11.3. The van der Waals surface area contributed by atoms with Crippen LogP contribution in [0.25, 0.3) is 76.8 Å². The summed E-state index contributed by atoms with van der Waals surface area (Å²) >= 11 is 0. The fourth-order valence-corrected chi connectivity index (χ4v) is 9.31. The standard InChI is InChI=1S/C49H30/c1-2-14-37-35(12-1)36-13-3-4-15-38(36)43-30-33(28-29-39(37)43)31-24-26-32(27-25-31)34-19-11-23-47-48(34)42-18-7-10-22-46(42)49(47)44-20-8-5-16-40(44)41-17-6-9-21-45(41)49/h1-30H. The lowest BCUT2D eigenvalue weighted by atomic mass is 9.70. The minimum Gasteiger partial charge on any atom is -0.0619 e. The van der Waals surface area contributed by atoms with Gasteiger partial charge in [0.1, 0.15) is 0 Å². The van der Waals surface area contributed by atoms with Crippen molar-refractivity contribution in [1.29, 1.82) is 0 Å². The predicted octanol–water partition coefficient (Wildman–Crippen LogP) is 12.8. The van der Waals surface area contributed by atoms with Crippen molar-refractivity contribution >= 4 is 32.3 Å². The quantitative estimate of drug-likeness (QED) is 0.169. The average molecular weight is 619 g/mol.